The fourth-order valence-electron chi connectivity index (χ4n) is 3.28. The summed E-state index contributed by atoms with van der Waals surface area (Å²) in [6.45, 7) is 2.80. The smallest absolute Gasteiger partial charge is 0.223 e. The number of nitrogens with two attached hydrogens (primary N) is 1. The Morgan fingerprint density at radius 2 is 2.19 bits per heavy atom. The molecule has 0 unspecified atom stereocenters. The average Bonchev–Trinajstić information content (AvgIpc) is 3.00. The first-order valence-corrected chi connectivity index (χ1v) is 10.1. The van der Waals surface area contributed by atoms with E-state index in [0.29, 0.717) is 24.1 Å². The molecule has 1 aliphatic carbocycles. The molecule has 3 heterocycles. The standard InChI is InChI=1S/C17H23N7OS/c1-26-17-20-14(18)8-15(21-17)23-5-6-24-13(10-23)7-12(22-24)9-19-16(25)11-3-2-4-11/h7-8,11H,2-6,9-10H2,1H3,(H,19,25)(H2,18,20,21). The third-order valence-electron chi connectivity index (χ3n) is 4.99. The molecular weight excluding hydrogens is 350 g/mol. The average molecular weight is 373 g/mol. The molecule has 1 fully saturated rings. The Hall–Kier alpha value is -2.29. The minimum Gasteiger partial charge on any atom is -0.383 e. The SMILES string of the molecule is CSc1nc(N)cc(N2CCn3nc(CNC(=O)C4CCC4)cc3C2)n1. The van der Waals surface area contributed by atoms with E-state index in [1.165, 1.54) is 18.2 Å². The third-order valence-corrected chi connectivity index (χ3v) is 5.53. The van der Waals surface area contributed by atoms with Gasteiger partial charge in [0.2, 0.25) is 5.91 Å². The molecule has 2 aromatic rings. The molecule has 9 heteroatoms. The number of nitrogens with zero attached hydrogens (tertiary/aromatic N) is 5. The molecule has 0 saturated heterocycles. The van der Waals surface area contributed by atoms with Gasteiger partial charge in [-0.2, -0.15) is 5.10 Å². The largest absolute Gasteiger partial charge is 0.383 e. The van der Waals surface area contributed by atoms with Gasteiger partial charge >= 0.3 is 0 Å². The Balaban J connectivity index is 1.43. The molecule has 1 aliphatic heterocycles. The first kappa shape index (κ1) is 17.1. The van der Waals surface area contributed by atoms with Crippen molar-refractivity contribution in [2.75, 3.05) is 23.4 Å². The van der Waals surface area contributed by atoms with E-state index < -0.39 is 0 Å². The zero-order chi connectivity index (χ0) is 18.1. The van der Waals surface area contributed by atoms with Gasteiger partial charge in [-0.1, -0.05) is 18.2 Å². The number of rotatable bonds is 5. The maximum atomic E-state index is 12.0. The van der Waals surface area contributed by atoms with Crippen molar-refractivity contribution >= 4 is 29.3 Å². The van der Waals surface area contributed by atoms with E-state index in [4.69, 9.17) is 5.73 Å². The summed E-state index contributed by atoms with van der Waals surface area (Å²) in [5.74, 6) is 1.69. The molecule has 8 nitrogen and oxygen atoms in total. The lowest BCUT2D eigenvalue weighted by Gasteiger charge is -2.28. The van der Waals surface area contributed by atoms with Crippen LogP contribution in [0.5, 0.6) is 0 Å². The Labute approximate surface area is 156 Å². The minimum atomic E-state index is 0.157. The van der Waals surface area contributed by atoms with Gasteiger partial charge in [0, 0.05) is 18.5 Å². The zero-order valence-electron chi connectivity index (χ0n) is 14.8. The number of hydrogen-bond acceptors (Lipinski definition) is 7. The third kappa shape index (κ3) is 3.48. The highest BCUT2D eigenvalue weighted by atomic mass is 32.2. The Morgan fingerprint density at radius 1 is 1.35 bits per heavy atom. The summed E-state index contributed by atoms with van der Waals surface area (Å²) < 4.78 is 2.02. The van der Waals surface area contributed by atoms with Gasteiger partial charge in [0.1, 0.15) is 11.6 Å². The highest BCUT2D eigenvalue weighted by molar-refractivity contribution is 7.98. The summed E-state index contributed by atoms with van der Waals surface area (Å²) in [4.78, 5) is 22.9. The molecule has 0 atom stereocenters. The molecule has 0 spiro atoms. The van der Waals surface area contributed by atoms with Gasteiger partial charge < -0.3 is 16.0 Å². The van der Waals surface area contributed by atoms with Gasteiger partial charge in [0.25, 0.3) is 0 Å². The van der Waals surface area contributed by atoms with Gasteiger partial charge in [-0.3, -0.25) is 9.48 Å². The van der Waals surface area contributed by atoms with Crippen molar-refractivity contribution in [2.24, 2.45) is 5.92 Å². The minimum absolute atomic E-state index is 0.157. The molecule has 3 N–H and O–H groups in total. The van der Waals surface area contributed by atoms with Crippen LogP contribution in [0.1, 0.15) is 30.7 Å². The fourth-order valence-corrected chi connectivity index (χ4v) is 3.67. The first-order valence-electron chi connectivity index (χ1n) is 8.89. The number of hydrogen-bond donors (Lipinski definition) is 2. The number of aromatic nitrogens is 4. The van der Waals surface area contributed by atoms with Crippen molar-refractivity contribution in [3.63, 3.8) is 0 Å². The van der Waals surface area contributed by atoms with Crippen molar-refractivity contribution in [1.82, 2.24) is 25.1 Å². The number of amides is 1. The monoisotopic (exact) mass is 373 g/mol. The maximum absolute atomic E-state index is 12.0. The molecule has 0 aromatic carbocycles. The lowest BCUT2D eigenvalue weighted by atomic mass is 9.85. The molecule has 138 valence electrons. The normalized spacial score (nSPS) is 16.9. The molecule has 1 amide bonds. The Morgan fingerprint density at radius 3 is 2.92 bits per heavy atom. The van der Waals surface area contributed by atoms with Crippen LogP contribution in [0.15, 0.2) is 17.3 Å². The molecule has 0 radical (unpaired) electrons. The topological polar surface area (TPSA) is 102 Å². The Kier molecular flexibility index (Phi) is 4.71. The molecule has 0 bridgehead atoms. The number of carbonyl (C=O) groups excluding carboxylic acids is 1. The number of nitrogen functional groups attached to an aromatic ring is 1. The van der Waals surface area contributed by atoms with Crippen LogP contribution in [0.25, 0.3) is 0 Å². The second-order valence-electron chi connectivity index (χ2n) is 6.76. The second-order valence-corrected chi connectivity index (χ2v) is 7.53. The van der Waals surface area contributed by atoms with Crippen LogP contribution in [-0.2, 0) is 24.4 Å². The summed E-state index contributed by atoms with van der Waals surface area (Å²) in [7, 11) is 0. The summed E-state index contributed by atoms with van der Waals surface area (Å²) in [5.41, 5.74) is 7.92. The highest BCUT2D eigenvalue weighted by Crippen LogP contribution is 2.26. The molecular formula is C17H23N7OS. The van der Waals surface area contributed by atoms with Crippen molar-refractivity contribution < 1.29 is 4.79 Å². The second kappa shape index (κ2) is 7.14. The van der Waals surface area contributed by atoms with Gasteiger partial charge in [-0.25, -0.2) is 9.97 Å². The van der Waals surface area contributed by atoms with Gasteiger partial charge in [-0.05, 0) is 25.2 Å². The van der Waals surface area contributed by atoms with Crippen molar-refractivity contribution in [2.45, 2.75) is 44.1 Å². The highest BCUT2D eigenvalue weighted by Gasteiger charge is 2.25. The van der Waals surface area contributed by atoms with Gasteiger partial charge in [0.15, 0.2) is 5.16 Å². The number of anilines is 2. The van der Waals surface area contributed by atoms with E-state index in [1.807, 2.05) is 17.0 Å². The predicted molar refractivity (Wildman–Crippen MR) is 101 cm³/mol. The van der Waals surface area contributed by atoms with Crippen LogP contribution in [0.4, 0.5) is 11.6 Å². The summed E-state index contributed by atoms with van der Waals surface area (Å²) in [6, 6.07) is 3.87. The lowest BCUT2D eigenvalue weighted by molar-refractivity contribution is -0.127. The number of carbonyl (C=O) groups is 1. The van der Waals surface area contributed by atoms with E-state index in [2.05, 4.69) is 31.3 Å². The van der Waals surface area contributed by atoms with Crippen LogP contribution in [0, 0.1) is 5.92 Å². The fraction of sp³-hybridized carbons (Fsp3) is 0.529. The maximum Gasteiger partial charge on any atom is 0.223 e. The van der Waals surface area contributed by atoms with Crippen LogP contribution in [0.2, 0.25) is 0 Å². The summed E-state index contributed by atoms with van der Waals surface area (Å²) in [6.07, 6.45) is 5.13. The van der Waals surface area contributed by atoms with E-state index in [1.54, 1.807) is 0 Å². The summed E-state index contributed by atoms with van der Waals surface area (Å²) in [5, 5.41) is 8.31. The van der Waals surface area contributed by atoms with Crippen LogP contribution in [-0.4, -0.2) is 38.5 Å². The lowest BCUT2D eigenvalue weighted by Crippen LogP contribution is -2.34. The van der Waals surface area contributed by atoms with E-state index in [9.17, 15) is 4.79 Å². The van der Waals surface area contributed by atoms with Crippen LogP contribution in [0.3, 0.4) is 0 Å². The number of thioether (sulfide) groups is 1. The quantitative estimate of drug-likeness (QED) is 0.603. The van der Waals surface area contributed by atoms with E-state index in [0.717, 1.165) is 43.1 Å². The Bertz CT molecular complexity index is 817. The van der Waals surface area contributed by atoms with E-state index >= 15 is 0 Å². The van der Waals surface area contributed by atoms with Crippen molar-refractivity contribution in [1.29, 1.82) is 0 Å². The molecule has 4 rings (SSSR count). The molecule has 2 aliphatic rings. The van der Waals surface area contributed by atoms with Gasteiger partial charge in [0.05, 0.1) is 31.0 Å². The van der Waals surface area contributed by atoms with Crippen LogP contribution < -0.4 is 16.0 Å². The molecule has 2 aromatic heterocycles. The van der Waals surface area contributed by atoms with E-state index in [-0.39, 0.29) is 11.8 Å². The molecule has 1 saturated carbocycles. The zero-order valence-corrected chi connectivity index (χ0v) is 15.6. The predicted octanol–water partition coefficient (Wildman–Crippen LogP) is 1.41. The summed E-state index contributed by atoms with van der Waals surface area (Å²) >= 11 is 1.48. The number of fused-ring (bicyclic) bond motifs is 1. The van der Waals surface area contributed by atoms with Crippen LogP contribution >= 0.6 is 11.8 Å². The molecule has 26 heavy (non-hydrogen) atoms. The van der Waals surface area contributed by atoms with Crippen molar-refractivity contribution in [3.8, 4) is 0 Å². The number of nitrogens with one attached hydrogen (secondary N) is 1. The van der Waals surface area contributed by atoms with Crippen molar-refractivity contribution in [3.05, 3.63) is 23.5 Å². The van der Waals surface area contributed by atoms with Gasteiger partial charge in [-0.15, -0.1) is 0 Å². The first-order chi connectivity index (χ1) is 12.6.